The van der Waals surface area contributed by atoms with Gasteiger partial charge in [0, 0.05) is 0 Å². The average molecular weight is 172 g/mol. The van der Waals surface area contributed by atoms with Crippen LogP contribution in [0.2, 0.25) is 0 Å². The number of hydrogen-bond acceptors (Lipinski definition) is 1. The standard InChI is InChI=1S/C3Cl3NO/c1-7-2(8)3(4,5)6. The van der Waals surface area contributed by atoms with E-state index < -0.39 is 9.70 Å². The second-order valence-corrected chi connectivity index (χ2v) is 3.20. The van der Waals surface area contributed by atoms with Gasteiger partial charge >= 0.3 is 5.91 Å². The highest BCUT2D eigenvalue weighted by atomic mass is 35.6. The molecule has 2 nitrogen and oxygen atoms in total. The molecule has 0 aliphatic rings. The van der Waals surface area contributed by atoms with Crippen molar-refractivity contribution < 1.29 is 4.79 Å². The van der Waals surface area contributed by atoms with E-state index in [9.17, 15) is 4.79 Å². The zero-order valence-electron chi connectivity index (χ0n) is 3.49. The molecule has 0 saturated carbocycles. The molecule has 0 aliphatic carbocycles. The number of halogens is 3. The first kappa shape index (κ1) is 8.03. The van der Waals surface area contributed by atoms with Crippen LogP contribution in [0.25, 0.3) is 4.85 Å². The van der Waals surface area contributed by atoms with Gasteiger partial charge < -0.3 is 4.79 Å². The fraction of sp³-hybridized carbons (Fsp3) is 0.333. The van der Waals surface area contributed by atoms with Crippen LogP contribution in [0.1, 0.15) is 0 Å². The lowest BCUT2D eigenvalue weighted by Gasteiger charge is -1.99. The molecule has 0 saturated heterocycles. The van der Waals surface area contributed by atoms with Crippen LogP contribution in [-0.2, 0) is 4.79 Å². The Hall–Kier alpha value is 0.0300. The summed E-state index contributed by atoms with van der Waals surface area (Å²) in [6, 6.07) is 0. The molecule has 0 atom stereocenters. The predicted octanol–water partition coefficient (Wildman–Crippen LogP) is 1.80. The quantitative estimate of drug-likeness (QED) is 0.403. The second-order valence-electron chi connectivity index (χ2n) is 0.915. The molecule has 0 spiro atoms. The van der Waals surface area contributed by atoms with E-state index >= 15 is 0 Å². The van der Waals surface area contributed by atoms with Crippen molar-refractivity contribution in [2.24, 2.45) is 0 Å². The summed E-state index contributed by atoms with van der Waals surface area (Å²) in [5.41, 5.74) is 0. The highest BCUT2D eigenvalue weighted by Gasteiger charge is 2.31. The van der Waals surface area contributed by atoms with Gasteiger partial charge in [0.05, 0.1) is 6.57 Å². The minimum atomic E-state index is -2.07. The Morgan fingerprint density at radius 3 is 1.88 bits per heavy atom. The molecule has 0 fully saturated rings. The summed E-state index contributed by atoms with van der Waals surface area (Å²) in [6.07, 6.45) is 0. The lowest BCUT2D eigenvalue weighted by atomic mass is 10.7. The fourth-order valence-corrected chi connectivity index (χ4v) is 0.190. The first-order valence-electron chi connectivity index (χ1n) is 1.47. The molecule has 1 amide bonds. The Labute approximate surface area is 61.1 Å². The van der Waals surface area contributed by atoms with E-state index in [-0.39, 0.29) is 0 Å². The highest BCUT2D eigenvalue weighted by molar-refractivity contribution is 6.76. The Balaban J connectivity index is 4.09. The molecule has 5 heteroatoms. The molecule has 0 aliphatic heterocycles. The number of alkyl halides is 3. The van der Waals surface area contributed by atoms with Crippen LogP contribution in [-0.4, -0.2) is 9.70 Å². The maximum Gasteiger partial charge on any atom is 0.406 e. The number of carbonyl (C=O) groups is 1. The van der Waals surface area contributed by atoms with Gasteiger partial charge in [-0.3, -0.25) is 0 Å². The molecular weight excluding hydrogens is 172 g/mol. The Morgan fingerprint density at radius 2 is 1.88 bits per heavy atom. The minimum absolute atomic E-state index is 1.08. The topological polar surface area (TPSA) is 21.4 Å². The van der Waals surface area contributed by atoms with Gasteiger partial charge in [-0.05, 0) is 0 Å². The molecule has 0 heterocycles. The molecule has 0 N–H and O–H groups in total. The van der Waals surface area contributed by atoms with Gasteiger partial charge in [0.1, 0.15) is 0 Å². The Bertz CT molecular complexity index is 142. The van der Waals surface area contributed by atoms with Gasteiger partial charge in [-0.15, -0.1) is 0 Å². The number of hydrogen-bond donors (Lipinski definition) is 0. The van der Waals surface area contributed by atoms with Crippen LogP contribution in [0.5, 0.6) is 0 Å². The fourth-order valence-electron chi connectivity index (χ4n) is 0.0634. The highest BCUT2D eigenvalue weighted by Crippen LogP contribution is 2.27. The first-order valence-corrected chi connectivity index (χ1v) is 2.60. The monoisotopic (exact) mass is 171 g/mol. The van der Waals surface area contributed by atoms with E-state index in [1.807, 2.05) is 0 Å². The summed E-state index contributed by atoms with van der Waals surface area (Å²) < 4.78 is -2.07. The van der Waals surface area contributed by atoms with E-state index in [1.54, 1.807) is 0 Å². The summed E-state index contributed by atoms with van der Waals surface area (Å²) in [6.45, 7) is 6.09. The summed E-state index contributed by atoms with van der Waals surface area (Å²) in [4.78, 5) is 12.5. The molecule has 0 aromatic heterocycles. The minimum Gasteiger partial charge on any atom is -0.311 e. The summed E-state index contributed by atoms with van der Waals surface area (Å²) in [7, 11) is 0. The van der Waals surface area contributed by atoms with Crippen LogP contribution >= 0.6 is 34.8 Å². The van der Waals surface area contributed by atoms with Crippen LogP contribution in [0.3, 0.4) is 0 Å². The van der Waals surface area contributed by atoms with Gasteiger partial charge in [0.25, 0.3) is 3.79 Å². The van der Waals surface area contributed by atoms with Crippen LogP contribution in [0.4, 0.5) is 0 Å². The van der Waals surface area contributed by atoms with Crippen molar-refractivity contribution in [2.45, 2.75) is 3.79 Å². The SMILES string of the molecule is [C-]#[N+]C(=O)C(Cl)(Cl)Cl. The molecule has 0 unspecified atom stereocenters. The largest absolute Gasteiger partial charge is 0.406 e. The van der Waals surface area contributed by atoms with Crippen LogP contribution in [0.15, 0.2) is 0 Å². The lowest BCUT2D eigenvalue weighted by Crippen LogP contribution is -2.13. The average Bonchev–Trinajstić information content (AvgIpc) is 1.62. The van der Waals surface area contributed by atoms with E-state index in [0.717, 1.165) is 0 Å². The van der Waals surface area contributed by atoms with Gasteiger partial charge in [-0.2, -0.15) is 4.85 Å². The van der Waals surface area contributed by atoms with Crippen LogP contribution < -0.4 is 0 Å². The van der Waals surface area contributed by atoms with Crippen molar-refractivity contribution in [3.63, 3.8) is 0 Å². The smallest absolute Gasteiger partial charge is 0.311 e. The van der Waals surface area contributed by atoms with Crippen LogP contribution in [0, 0.1) is 6.57 Å². The Kier molecular flexibility index (Phi) is 2.55. The number of amides is 1. The normalized spacial score (nSPS) is 10.2. The zero-order valence-corrected chi connectivity index (χ0v) is 5.76. The number of carbonyl (C=O) groups excluding carboxylic acids is 1. The number of rotatable bonds is 0. The van der Waals surface area contributed by atoms with Crippen molar-refractivity contribution in [3.05, 3.63) is 11.4 Å². The summed E-state index contributed by atoms with van der Waals surface area (Å²) in [5, 5.41) is 0. The van der Waals surface area contributed by atoms with Gasteiger partial charge in [-0.25, -0.2) is 0 Å². The predicted molar refractivity (Wildman–Crippen MR) is 31.9 cm³/mol. The first-order chi connectivity index (χ1) is 3.48. The van der Waals surface area contributed by atoms with E-state index in [0.29, 0.717) is 0 Å². The van der Waals surface area contributed by atoms with Crippen molar-refractivity contribution in [1.29, 1.82) is 0 Å². The van der Waals surface area contributed by atoms with E-state index in [2.05, 4.69) is 4.85 Å². The molecule has 8 heavy (non-hydrogen) atoms. The maximum atomic E-state index is 10.1. The second kappa shape index (κ2) is 2.54. The van der Waals surface area contributed by atoms with Gasteiger partial charge in [0.15, 0.2) is 0 Å². The lowest BCUT2D eigenvalue weighted by molar-refractivity contribution is -0.114. The Morgan fingerprint density at radius 1 is 1.50 bits per heavy atom. The summed E-state index contributed by atoms with van der Waals surface area (Å²) in [5.74, 6) is -1.08. The van der Waals surface area contributed by atoms with Crippen molar-refractivity contribution in [1.82, 2.24) is 0 Å². The third kappa shape index (κ3) is 2.37. The third-order valence-electron chi connectivity index (χ3n) is 0.344. The molecule has 0 bridgehead atoms. The summed E-state index contributed by atoms with van der Waals surface area (Å²) >= 11 is 14.9. The van der Waals surface area contributed by atoms with E-state index in [1.165, 1.54) is 0 Å². The molecular formula is C3Cl3NO. The van der Waals surface area contributed by atoms with Gasteiger partial charge in [0.2, 0.25) is 0 Å². The van der Waals surface area contributed by atoms with Crippen molar-refractivity contribution in [3.8, 4) is 0 Å². The number of nitrogens with zero attached hydrogens (tertiary/aromatic N) is 1. The molecule has 0 radical (unpaired) electrons. The van der Waals surface area contributed by atoms with Gasteiger partial charge in [-0.1, -0.05) is 34.8 Å². The van der Waals surface area contributed by atoms with Crippen molar-refractivity contribution in [2.75, 3.05) is 0 Å². The van der Waals surface area contributed by atoms with Crippen molar-refractivity contribution >= 4 is 40.7 Å². The third-order valence-corrected chi connectivity index (χ3v) is 0.829. The molecule has 44 valence electrons. The molecule has 0 aromatic carbocycles. The zero-order chi connectivity index (χ0) is 6.78. The molecule has 0 rings (SSSR count). The van der Waals surface area contributed by atoms with E-state index in [4.69, 9.17) is 41.4 Å². The maximum absolute atomic E-state index is 10.1. The molecule has 0 aromatic rings.